The maximum absolute atomic E-state index is 12.3. The number of carbonyl (C=O) groups excluding carboxylic acids is 1. The van der Waals surface area contributed by atoms with Gasteiger partial charge in [0.15, 0.2) is 0 Å². The first-order valence-electron chi connectivity index (χ1n) is 4.99. The summed E-state index contributed by atoms with van der Waals surface area (Å²) in [6, 6.07) is 2.25. The lowest BCUT2D eigenvalue weighted by Crippen LogP contribution is -2.39. The molecule has 0 radical (unpaired) electrons. The van der Waals surface area contributed by atoms with Gasteiger partial charge in [0.25, 0.3) is 5.91 Å². The van der Waals surface area contributed by atoms with Gasteiger partial charge in [0.2, 0.25) is 5.56 Å². The molecule has 0 unspecified atom stereocenters. The summed E-state index contributed by atoms with van der Waals surface area (Å²) in [5.74, 6) is -0.816. The molecule has 0 spiro atoms. The van der Waals surface area contributed by atoms with E-state index in [-0.39, 0.29) is 12.1 Å². The number of hydrogen-bond donors (Lipinski definition) is 1. The zero-order chi connectivity index (χ0) is 13.8. The molecule has 0 aliphatic carbocycles. The molecule has 0 aliphatic heterocycles. The Morgan fingerprint density at radius 2 is 2.11 bits per heavy atom. The van der Waals surface area contributed by atoms with E-state index in [1.807, 2.05) is 0 Å². The summed E-state index contributed by atoms with van der Waals surface area (Å²) in [5, 5.41) is 0. The van der Waals surface area contributed by atoms with Gasteiger partial charge in [-0.3, -0.25) is 9.59 Å². The molecule has 0 saturated carbocycles. The van der Waals surface area contributed by atoms with Crippen molar-refractivity contribution in [1.29, 1.82) is 0 Å². The molecule has 1 rings (SSSR count). The Morgan fingerprint density at radius 1 is 1.44 bits per heavy atom. The van der Waals surface area contributed by atoms with E-state index in [1.165, 1.54) is 12.1 Å². The molecule has 0 bridgehead atoms. The van der Waals surface area contributed by atoms with E-state index < -0.39 is 24.2 Å². The normalized spacial score (nSPS) is 11.1. The summed E-state index contributed by atoms with van der Waals surface area (Å²) in [5.41, 5.74) is -0.446. The van der Waals surface area contributed by atoms with Gasteiger partial charge in [-0.05, 0) is 6.07 Å². The van der Waals surface area contributed by atoms with E-state index in [0.717, 1.165) is 12.3 Å². The number of nitrogens with one attached hydrogen (secondary N) is 1. The fourth-order valence-electron chi connectivity index (χ4n) is 1.32. The Morgan fingerprint density at radius 3 is 2.56 bits per heavy atom. The van der Waals surface area contributed by atoms with Crippen molar-refractivity contribution >= 4 is 5.91 Å². The minimum Gasteiger partial charge on any atom is -0.328 e. The minimum absolute atomic E-state index is 0.0132. The van der Waals surface area contributed by atoms with Gasteiger partial charge in [-0.2, -0.15) is 13.2 Å². The van der Waals surface area contributed by atoms with Gasteiger partial charge in [0.1, 0.15) is 6.54 Å². The third kappa shape index (κ3) is 4.08. The Hall–Kier alpha value is -2.05. The highest BCUT2D eigenvalue weighted by Crippen LogP contribution is 2.17. The van der Waals surface area contributed by atoms with E-state index in [4.69, 9.17) is 0 Å². The predicted octanol–water partition coefficient (Wildman–Crippen LogP) is 1.57. The van der Waals surface area contributed by atoms with Crippen molar-refractivity contribution in [3.63, 3.8) is 0 Å². The van der Waals surface area contributed by atoms with Gasteiger partial charge in [0, 0.05) is 18.8 Å². The van der Waals surface area contributed by atoms with Crippen molar-refractivity contribution in [2.24, 2.45) is 0 Å². The molecule has 7 heteroatoms. The first-order chi connectivity index (χ1) is 8.33. The van der Waals surface area contributed by atoms with Crippen molar-refractivity contribution in [3.8, 4) is 0 Å². The maximum Gasteiger partial charge on any atom is 0.406 e. The number of H-pyrrole nitrogens is 1. The van der Waals surface area contributed by atoms with Gasteiger partial charge in [-0.15, -0.1) is 6.58 Å². The third-order valence-corrected chi connectivity index (χ3v) is 2.04. The van der Waals surface area contributed by atoms with Crippen LogP contribution in [0.4, 0.5) is 13.2 Å². The maximum atomic E-state index is 12.3. The zero-order valence-corrected chi connectivity index (χ0v) is 9.33. The molecular formula is C11H11F3N2O2. The van der Waals surface area contributed by atoms with E-state index in [2.05, 4.69) is 11.6 Å². The van der Waals surface area contributed by atoms with Crippen LogP contribution in [0.3, 0.4) is 0 Å². The van der Waals surface area contributed by atoms with Gasteiger partial charge < -0.3 is 9.88 Å². The first-order valence-corrected chi connectivity index (χ1v) is 4.99. The largest absolute Gasteiger partial charge is 0.406 e. The SMILES string of the molecule is C=CCN(CC(F)(F)F)C(=O)c1ccc(=O)[nH]c1. The lowest BCUT2D eigenvalue weighted by atomic mass is 10.2. The standard InChI is InChI=1S/C11H11F3N2O2/c1-2-5-16(7-11(12,13)14)10(18)8-3-4-9(17)15-6-8/h2-4,6H,1,5,7H2,(H,15,17). The number of rotatable bonds is 4. The number of nitrogens with zero attached hydrogens (tertiary/aromatic N) is 1. The van der Waals surface area contributed by atoms with Gasteiger partial charge in [0.05, 0.1) is 5.56 Å². The van der Waals surface area contributed by atoms with Crippen molar-refractivity contribution in [2.75, 3.05) is 13.1 Å². The number of carbonyl (C=O) groups is 1. The third-order valence-electron chi connectivity index (χ3n) is 2.04. The second-order valence-electron chi connectivity index (χ2n) is 3.53. The Bertz CT molecular complexity index is 473. The van der Waals surface area contributed by atoms with Crippen molar-refractivity contribution in [2.45, 2.75) is 6.18 Å². The summed E-state index contributed by atoms with van der Waals surface area (Å²) in [4.78, 5) is 25.4. The van der Waals surface area contributed by atoms with Crippen molar-refractivity contribution in [1.82, 2.24) is 9.88 Å². The number of aromatic amines is 1. The van der Waals surface area contributed by atoms with Crippen LogP contribution in [0.2, 0.25) is 0 Å². The van der Waals surface area contributed by atoms with Crippen LogP contribution in [0.1, 0.15) is 10.4 Å². The summed E-state index contributed by atoms with van der Waals surface area (Å²) in [6.45, 7) is 1.71. The van der Waals surface area contributed by atoms with E-state index in [0.29, 0.717) is 4.90 Å². The summed E-state index contributed by atoms with van der Waals surface area (Å²) in [6.07, 6.45) is -2.20. The highest BCUT2D eigenvalue weighted by molar-refractivity contribution is 5.94. The fraction of sp³-hybridized carbons (Fsp3) is 0.273. The predicted molar refractivity (Wildman–Crippen MR) is 59.2 cm³/mol. The molecule has 0 saturated heterocycles. The smallest absolute Gasteiger partial charge is 0.328 e. The van der Waals surface area contributed by atoms with E-state index >= 15 is 0 Å². The lowest BCUT2D eigenvalue weighted by Gasteiger charge is -2.22. The zero-order valence-electron chi connectivity index (χ0n) is 9.33. The molecule has 4 nitrogen and oxygen atoms in total. The van der Waals surface area contributed by atoms with E-state index in [9.17, 15) is 22.8 Å². The molecule has 1 aromatic heterocycles. The van der Waals surface area contributed by atoms with Crippen LogP contribution in [0.5, 0.6) is 0 Å². The molecule has 1 N–H and O–H groups in total. The Balaban J connectivity index is 2.92. The molecule has 1 heterocycles. The molecule has 0 atom stereocenters. The van der Waals surface area contributed by atoms with Gasteiger partial charge in [-0.25, -0.2) is 0 Å². The molecule has 1 amide bonds. The van der Waals surface area contributed by atoms with E-state index in [1.54, 1.807) is 0 Å². The summed E-state index contributed by atoms with van der Waals surface area (Å²) < 4.78 is 36.8. The Kier molecular flexibility index (Phi) is 4.30. The highest BCUT2D eigenvalue weighted by Gasteiger charge is 2.32. The van der Waals surface area contributed by atoms with Crippen LogP contribution < -0.4 is 5.56 Å². The Labute approximate surface area is 101 Å². The second-order valence-corrected chi connectivity index (χ2v) is 3.53. The van der Waals surface area contributed by atoms with Crippen LogP contribution >= 0.6 is 0 Å². The molecule has 0 fully saturated rings. The average Bonchev–Trinajstić information content (AvgIpc) is 2.27. The van der Waals surface area contributed by atoms with Crippen LogP contribution in [-0.2, 0) is 0 Å². The fourth-order valence-corrected chi connectivity index (χ4v) is 1.32. The molecular weight excluding hydrogens is 249 g/mol. The first kappa shape index (κ1) is 14.0. The van der Waals surface area contributed by atoms with Crippen molar-refractivity contribution < 1.29 is 18.0 Å². The van der Waals surface area contributed by atoms with Crippen molar-refractivity contribution in [3.05, 3.63) is 46.9 Å². The van der Waals surface area contributed by atoms with Gasteiger partial charge >= 0.3 is 6.18 Å². The van der Waals surface area contributed by atoms with Crippen LogP contribution in [0.25, 0.3) is 0 Å². The highest BCUT2D eigenvalue weighted by atomic mass is 19.4. The molecule has 98 valence electrons. The number of hydrogen-bond acceptors (Lipinski definition) is 2. The summed E-state index contributed by atoms with van der Waals surface area (Å²) in [7, 11) is 0. The average molecular weight is 260 g/mol. The molecule has 0 aliphatic rings. The quantitative estimate of drug-likeness (QED) is 0.835. The lowest BCUT2D eigenvalue weighted by molar-refractivity contribution is -0.139. The number of amides is 1. The number of pyridine rings is 1. The van der Waals surface area contributed by atoms with Crippen LogP contribution in [-0.4, -0.2) is 35.1 Å². The van der Waals surface area contributed by atoms with Crippen LogP contribution in [0.15, 0.2) is 35.8 Å². The topological polar surface area (TPSA) is 53.2 Å². The number of halogens is 3. The van der Waals surface area contributed by atoms with Gasteiger partial charge in [-0.1, -0.05) is 6.08 Å². The second kappa shape index (κ2) is 5.52. The number of alkyl halides is 3. The molecule has 1 aromatic rings. The number of aromatic nitrogens is 1. The monoisotopic (exact) mass is 260 g/mol. The molecule has 18 heavy (non-hydrogen) atoms. The van der Waals surface area contributed by atoms with Crippen LogP contribution in [0, 0.1) is 0 Å². The minimum atomic E-state index is -4.49. The molecule has 0 aromatic carbocycles. The summed E-state index contributed by atoms with van der Waals surface area (Å²) >= 11 is 0.